The van der Waals surface area contributed by atoms with E-state index in [0.717, 1.165) is 10.0 Å². The van der Waals surface area contributed by atoms with E-state index in [2.05, 4.69) is 21.2 Å². The lowest BCUT2D eigenvalue weighted by atomic mass is 9.95. The molecule has 0 saturated carbocycles. The SMILES string of the molecule is COc1cc(Br)ccc1C(CO)CCNC(=O)OC(C)(C)C. The zero-order valence-corrected chi connectivity index (χ0v) is 15.1. The van der Waals surface area contributed by atoms with Crippen LogP contribution < -0.4 is 10.1 Å². The lowest BCUT2D eigenvalue weighted by Gasteiger charge is -2.21. The van der Waals surface area contributed by atoms with Crippen LogP contribution in [-0.4, -0.2) is 37.1 Å². The lowest BCUT2D eigenvalue weighted by molar-refractivity contribution is 0.0525. The standard InChI is InChI=1S/C16H24BrNO4/c1-16(2,3)22-15(20)18-8-7-11(10-19)13-6-5-12(17)9-14(13)21-4/h5-6,9,11,19H,7-8,10H2,1-4H3,(H,18,20). The Labute approximate surface area is 140 Å². The van der Waals surface area contributed by atoms with Crippen molar-refractivity contribution in [3.05, 3.63) is 28.2 Å². The van der Waals surface area contributed by atoms with Gasteiger partial charge in [-0.3, -0.25) is 0 Å². The number of carbonyl (C=O) groups excluding carboxylic acids is 1. The fourth-order valence-electron chi connectivity index (χ4n) is 2.03. The summed E-state index contributed by atoms with van der Waals surface area (Å²) in [5, 5.41) is 12.3. The summed E-state index contributed by atoms with van der Waals surface area (Å²) in [5.74, 6) is 0.601. The van der Waals surface area contributed by atoms with Gasteiger partial charge in [-0.15, -0.1) is 0 Å². The quantitative estimate of drug-likeness (QED) is 0.801. The zero-order chi connectivity index (χ0) is 16.8. The van der Waals surface area contributed by atoms with E-state index in [0.29, 0.717) is 18.7 Å². The van der Waals surface area contributed by atoms with E-state index >= 15 is 0 Å². The Morgan fingerprint density at radius 2 is 2.09 bits per heavy atom. The third-order valence-electron chi connectivity index (χ3n) is 3.02. The van der Waals surface area contributed by atoms with E-state index in [1.807, 2.05) is 39.0 Å². The van der Waals surface area contributed by atoms with E-state index < -0.39 is 11.7 Å². The van der Waals surface area contributed by atoms with Gasteiger partial charge in [-0.25, -0.2) is 4.79 Å². The minimum absolute atomic E-state index is 0.0199. The molecule has 2 N–H and O–H groups in total. The van der Waals surface area contributed by atoms with Crippen molar-refractivity contribution in [1.29, 1.82) is 0 Å². The third-order valence-corrected chi connectivity index (χ3v) is 3.51. The van der Waals surface area contributed by atoms with Crippen LogP contribution >= 0.6 is 15.9 Å². The maximum atomic E-state index is 11.6. The van der Waals surface area contributed by atoms with Gasteiger partial charge in [-0.2, -0.15) is 0 Å². The van der Waals surface area contributed by atoms with Crippen LogP contribution in [0.3, 0.4) is 0 Å². The molecule has 1 rings (SSSR count). The molecular formula is C16H24BrNO4. The highest BCUT2D eigenvalue weighted by atomic mass is 79.9. The van der Waals surface area contributed by atoms with E-state index in [4.69, 9.17) is 9.47 Å². The van der Waals surface area contributed by atoms with Gasteiger partial charge < -0.3 is 19.9 Å². The van der Waals surface area contributed by atoms with Crippen LogP contribution in [0.15, 0.2) is 22.7 Å². The summed E-state index contributed by atoms with van der Waals surface area (Å²) in [6.07, 6.45) is 0.139. The van der Waals surface area contributed by atoms with Gasteiger partial charge in [0.15, 0.2) is 0 Å². The molecule has 1 amide bonds. The van der Waals surface area contributed by atoms with Gasteiger partial charge in [-0.05, 0) is 44.9 Å². The summed E-state index contributed by atoms with van der Waals surface area (Å²) in [4.78, 5) is 11.6. The molecule has 0 radical (unpaired) electrons. The predicted molar refractivity (Wildman–Crippen MR) is 89.4 cm³/mol. The van der Waals surface area contributed by atoms with E-state index in [9.17, 15) is 9.90 Å². The first-order chi connectivity index (χ1) is 10.3. The van der Waals surface area contributed by atoms with Gasteiger partial charge in [0.1, 0.15) is 11.4 Å². The molecule has 0 bridgehead atoms. The molecule has 1 atom stereocenters. The minimum Gasteiger partial charge on any atom is -0.496 e. The number of amides is 1. The van der Waals surface area contributed by atoms with Crippen LogP contribution in [0.2, 0.25) is 0 Å². The van der Waals surface area contributed by atoms with Crippen molar-refractivity contribution < 1.29 is 19.4 Å². The predicted octanol–water partition coefficient (Wildman–Crippen LogP) is 3.45. The molecule has 5 nitrogen and oxygen atoms in total. The van der Waals surface area contributed by atoms with Crippen molar-refractivity contribution in [3.63, 3.8) is 0 Å². The summed E-state index contributed by atoms with van der Waals surface area (Å²) in [6.45, 7) is 5.84. The van der Waals surface area contributed by atoms with Gasteiger partial charge in [0.2, 0.25) is 0 Å². The number of alkyl carbamates (subject to hydrolysis) is 1. The molecule has 0 spiro atoms. The topological polar surface area (TPSA) is 67.8 Å². The van der Waals surface area contributed by atoms with Gasteiger partial charge in [0.05, 0.1) is 13.7 Å². The van der Waals surface area contributed by atoms with Crippen LogP contribution in [0.5, 0.6) is 5.75 Å². The molecule has 6 heteroatoms. The third kappa shape index (κ3) is 6.23. The van der Waals surface area contributed by atoms with Gasteiger partial charge in [0, 0.05) is 16.9 Å². The number of benzene rings is 1. The monoisotopic (exact) mass is 373 g/mol. The van der Waals surface area contributed by atoms with Crippen molar-refractivity contribution in [2.24, 2.45) is 0 Å². The summed E-state index contributed by atoms with van der Waals surface area (Å²) in [5.41, 5.74) is 0.397. The van der Waals surface area contributed by atoms with Crippen molar-refractivity contribution >= 4 is 22.0 Å². The Morgan fingerprint density at radius 3 is 2.64 bits per heavy atom. The number of methoxy groups -OCH3 is 1. The summed E-state index contributed by atoms with van der Waals surface area (Å²) in [6, 6.07) is 5.68. The minimum atomic E-state index is -0.518. The Balaban J connectivity index is 2.61. The number of aliphatic hydroxyl groups is 1. The fraction of sp³-hybridized carbons (Fsp3) is 0.562. The second-order valence-corrected chi connectivity index (χ2v) is 6.90. The highest BCUT2D eigenvalue weighted by Gasteiger charge is 2.18. The normalized spacial score (nSPS) is 12.6. The number of nitrogens with one attached hydrogen (secondary N) is 1. The fourth-order valence-corrected chi connectivity index (χ4v) is 2.37. The average molecular weight is 374 g/mol. The number of aliphatic hydroxyl groups excluding tert-OH is 1. The maximum Gasteiger partial charge on any atom is 0.407 e. The summed E-state index contributed by atoms with van der Waals surface area (Å²) >= 11 is 3.39. The molecule has 0 saturated heterocycles. The van der Waals surface area contributed by atoms with Crippen molar-refractivity contribution in [3.8, 4) is 5.75 Å². The number of halogens is 1. The smallest absolute Gasteiger partial charge is 0.407 e. The van der Waals surface area contributed by atoms with Crippen molar-refractivity contribution in [1.82, 2.24) is 5.32 Å². The molecule has 1 aromatic rings. The molecule has 0 aromatic heterocycles. The molecule has 0 aliphatic carbocycles. The van der Waals surface area contributed by atoms with Crippen LogP contribution in [0.4, 0.5) is 4.79 Å². The first-order valence-corrected chi connectivity index (χ1v) is 7.97. The van der Waals surface area contributed by atoms with Crippen LogP contribution in [0.1, 0.15) is 38.7 Å². The van der Waals surface area contributed by atoms with Crippen molar-refractivity contribution in [2.75, 3.05) is 20.3 Å². The second kappa shape index (κ2) is 8.39. The number of ether oxygens (including phenoxy) is 2. The number of carbonyl (C=O) groups is 1. The Kier molecular flexibility index (Phi) is 7.16. The zero-order valence-electron chi connectivity index (χ0n) is 13.5. The average Bonchev–Trinajstić information content (AvgIpc) is 2.42. The van der Waals surface area contributed by atoms with Gasteiger partial charge in [0.25, 0.3) is 0 Å². The molecule has 0 fully saturated rings. The molecule has 0 heterocycles. The number of rotatable bonds is 6. The second-order valence-electron chi connectivity index (χ2n) is 5.98. The first kappa shape index (κ1) is 18.8. The molecule has 0 aliphatic heterocycles. The highest BCUT2D eigenvalue weighted by Crippen LogP contribution is 2.31. The largest absolute Gasteiger partial charge is 0.496 e. The van der Waals surface area contributed by atoms with Crippen LogP contribution in [0.25, 0.3) is 0 Å². The van der Waals surface area contributed by atoms with E-state index in [1.165, 1.54) is 0 Å². The number of hydrogen-bond donors (Lipinski definition) is 2. The Morgan fingerprint density at radius 1 is 1.41 bits per heavy atom. The van der Waals surface area contributed by atoms with Gasteiger partial charge in [-0.1, -0.05) is 22.0 Å². The maximum absolute atomic E-state index is 11.6. The number of hydrogen-bond acceptors (Lipinski definition) is 4. The van der Waals surface area contributed by atoms with Crippen LogP contribution in [0, 0.1) is 0 Å². The Bertz CT molecular complexity index is 499. The summed E-state index contributed by atoms with van der Waals surface area (Å²) in [7, 11) is 1.60. The molecule has 22 heavy (non-hydrogen) atoms. The van der Waals surface area contributed by atoms with Crippen molar-refractivity contribution in [2.45, 2.75) is 38.7 Å². The first-order valence-electron chi connectivity index (χ1n) is 7.18. The highest BCUT2D eigenvalue weighted by molar-refractivity contribution is 9.10. The molecular weight excluding hydrogens is 350 g/mol. The molecule has 0 aliphatic rings. The Hall–Kier alpha value is -1.27. The van der Waals surface area contributed by atoms with Gasteiger partial charge >= 0.3 is 6.09 Å². The lowest BCUT2D eigenvalue weighted by Crippen LogP contribution is -2.33. The molecule has 1 unspecified atom stereocenters. The summed E-state index contributed by atoms with van der Waals surface area (Å²) < 4.78 is 11.4. The van der Waals surface area contributed by atoms with E-state index in [1.54, 1.807) is 7.11 Å². The van der Waals surface area contributed by atoms with E-state index in [-0.39, 0.29) is 12.5 Å². The van der Waals surface area contributed by atoms with Crippen LogP contribution in [-0.2, 0) is 4.74 Å². The molecule has 1 aromatic carbocycles. The molecule has 124 valence electrons.